The first kappa shape index (κ1) is 15.3. The molecule has 21 heavy (non-hydrogen) atoms. The minimum atomic E-state index is -0.309. The first-order valence-corrected chi connectivity index (χ1v) is 7.31. The van der Waals surface area contributed by atoms with Crippen LogP contribution in [0.5, 0.6) is 5.75 Å². The molecule has 0 radical (unpaired) electrons. The summed E-state index contributed by atoms with van der Waals surface area (Å²) < 4.78 is 5.29. The van der Waals surface area contributed by atoms with Crippen LogP contribution in [0.25, 0.3) is 6.08 Å². The smallest absolute Gasteiger partial charge is 0.126 e. The van der Waals surface area contributed by atoms with E-state index in [9.17, 15) is 5.11 Å². The first-order chi connectivity index (χ1) is 10.3. The molecule has 0 amide bonds. The van der Waals surface area contributed by atoms with Crippen LogP contribution < -0.4 is 4.74 Å². The highest BCUT2D eigenvalue weighted by molar-refractivity contribution is 5.57. The fraction of sp³-hybridized carbons (Fsp3) is 0.263. The summed E-state index contributed by atoms with van der Waals surface area (Å²) in [7, 11) is 1.67. The average molecular weight is 282 g/mol. The van der Waals surface area contributed by atoms with E-state index in [0.29, 0.717) is 6.42 Å². The Bertz CT molecular complexity index is 561. The van der Waals surface area contributed by atoms with Gasteiger partial charge in [0.05, 0.1) is 13.2 Å². The predicted molar refractivity (Wildman–Crippen MR) is 87.4 cm³/mol. The van der Waals surface area contributed by atoms with E-state index >= 15 is 0 Å². The SMILES string of the molecule is COc1ccccc1/C=C/CC(O)CCc1ccccc1. The number of hydrogen-bond donors (Lipinski definition) is 1. The molecule has 0 spiro atoms. The maximum absolute atomic E-state index is 10.0. The molecule has 2 aromatic carbocycles. The lowest BCUT2D eigenvalue weighted by Crippen LogP contribution is -2.06. The molecule has 1 N–H and O–H groups in total. The Labute approximate surface area is 126 Å². The Kier molecular flexibility index (Phi) is 6.04. The number of hydrogen-bond acceptors (Lipinski definition) is 2. The van der Waals surface area contributed by atoms with Gasteiger partial charge in [0.15, 0.2) is 0 Å². The second-order valence-corrected chi connectivity index (χ2v) is 5.06. The molecule has 0 saturated heterocycles. The number of methoxy groups -OCH3 is 1. The average Bonchev–Trinajstić information content (AvgIpc) is 2.54. The second kappa shape index (κ2) is 8.28. The van der Waals surface area contributed by atoms with Crippen molar-refractivity contribution < 1.29 is 9.84 Å². The molecule has 110 valence electrons. The number of aliphatic hydroxyl groups excluding tert-OH is 1. The van der Waals surface area contributed by atoms with Gasteiger partial charge in [0.25, 0.3) is 0 Å². The Hall–Kier alpha value is -2.06. The Morgan fingerprint density at radius 2 is 1.76 bits per heavy atom. The number of benzene rings is 2. The molecule has 1 unspecified atom stereocenters. The van der Waals surface area contributed by atoms with E-state index in [0.717, 1.165) is 24.2 Å². The molecule has 0 heterocycles. The predicted octanol–water partition coefficient (Wildman–Crippen LogP) is 4.09. The minimum absolute atomic E-state index is 0.309. The highest BCUT2D eigenvalue weighted by Crippen LogP contribution is 2.19. The summed E-state index contributed by atoms with van der Waals surface area (Å²) in [6.45, 7) is 0. The lowest BCUT2D eigenvalue weighted by molar-refractivity contribution is 0.168. The lowest BCUT2D eigenvalue weighted by atomic mass is 10.0. The minimum Gasteiger partial charge on any atom is -0.496 e. The van der Waals surface area contributed by atoms with E-state index in [-0.39, 0.29) is 6.10 Å². The maximum atomic E-state index is 10.0. The van der Waals surface area contributed by atoms with Crippen LogP contribution in [0.1, 0.15) is 24.0 Å². The van der Waals surface area contributed by atoms with Crippen LogP contribution in [-0.2, 0) is 6.42 Å². The Morgan fingerprint density at radius 3 is 2.52 bits per heavy atom. The van der Waals surface area contributed by atoms with Crippen molar-refractivity contribution in [2.45, 2.75) is 25.4 Å². The molecule has 2 aromatic rings. The highest BCUT2D eigenvalue weighted by Gasteiger charge is 2.03. The molecule has 0 aliphatic heterocycles. The van der Waals surface area contributed by atoms with Crippen LogP contribution in [0.4, 0.5) is 0 Å². The van der Waals surface area contributed by atoms with Gasteiger partial charge in [-0.2, -0.15) is 0 Å². The number of aryl methyl sites for hydroxylation is 1. The van der Waals surface area contributed by atoms with Crippen molar-refractivity contribution in [2.24, 2.45) is 0 Å². The van der Waals surface area contributed by atoms with Crippen LogP contribution in [0.15, 0.2) is 60.7 Å². The second-order valence-electron chi connectivity index (χ2n) is 5.06. The fourth-order valence-corrected chi connectivity index (χ4v) is 2.25. The van der Waals surface area contributed by atoms with Gasteiger partial charge in [0, 0.05) is 5.56 Å². The zero-order valence-corrected chi connectivity index (χ0v) is 12.4. The van der Waals surface area contributed by atoms with Crippen molar-refractivity contribution in [3.63, 3.8) is 0 Å². The fourth-order valence-electron chi connectivity index (χ4n) is 2.25. The number of ether oxygens (including phenoxy) is 1. The summed E-state index contributed by atoms with van der Waals surface area (Å²) in [5.74, 6) is 0.854. The molecular formula is C19H22O2. The van der Waals surface area contributed by atoms with Crippen LogP contribution in [0, 0.1) is 0 Å². The first-order valence-electron chi connectivity index (χ1n) is 7.31. The topological polar surface area (TPSA) is 29.5 Å². The summed E-state index contributed by atoms with van der Waals surface area (Å²) >= 11 is 0. The standard InChI is InChI=1S/C19H22O2/c1-21-19-13-6-5-10-17(19)11-7-12-18(20)15-14-16-8-3-2-4-9-16/h2-11,13,18,20H,12,14-15H2,1H3/b11-7+. The van der Waals surface area contributed by atoms with Gasteiger partial charge in [0.2, 0.25) is 0 Å². The number of para-hydroxylation sites is 1. The molecular weight excluding hydrogens is 260 g/mol. The molecule has 2 nitrogen and oxygen atoms in total. The molecule has 0 bridgehead atoms. The summed E-state index contributed by atoms with van der Waals surface area (Å²) in [4.78, 5) is 0. The molecule has 0 saturated carbocycles. The zero-order valence-electron chi connectivity index (χ0n) is 12.4. The van der Waals surface area contributed by atoms with Gasteiger partial charge in [-0.25, -0.2) is 0 Å². The molecule has 0 aromatic heterocycles. The quantitative estimate of drug-likeness (QED) is 0.828. The Morgan fingerprint density at radius 1 is 1.05 bits per heavy atom. The monoisotopic (exact) mass is 282 g/mol. The van der Waals surface area contributed by atoms with Crippen molar-refractivity contribution in [1.82, 2.24) is 0 Å². The number of aliphatic hydroxyl groups is 1. The van der Waals surface area contributed by atoms with Crippen molar-refractivity contribution in [3.8, 4) is 5.75 Å². The van der Waals surface area contributed by atoms with E-state index in [1.807, 2.05) is 54.6 Å². The van der Waals surface area contributed by atoms with E-state index in [1.54, 1.807) is 7.11 Å². The van der Waals surface area contributed by atoms with Crippen LogP contribution in [-0.4, -0.2) is 18.3 Å². The van der Waals surface area contributed by atoms with Crippen LogP contribution in [0.3, 0.4) is 0 Å². The van der Waals surface area contributed by atoms with Crippen LogP contribution in [0.2, 0.25) is 0 Å². The van der Waals surface area contributed by atoms with Gasteiger partial charge in [-0.15, -0.1) is 0 Å². The molecule has 0 aliphatic rings. The third kappa shape index (κ3) is 5.09. The third-order valence-electron chi connectivity index (χ3n) is 3.45. The van der Waals surface area contributed by atoms with Gasteiger partial charge in [0.1, 0.15) is 5.75 Å². The third-order valence-corrected chi connectivity index (χ3v) is 3.45. The highest BCUT2D eigenvalue weighted by atomic mass is 16.5. The van der Waals surface area contributed by atoms with E-state index in [1.165, 1.54) is 5.56 Å². The Balaban J connectivity index is 1.80. The summed E-state index contributed by atoms with van der Waals surface area (Å²) in [5.41, 5.74) is 2.31. The summed E-state index contributed by atoms with van der Waals surface area (Å²) in [6, 6.07) is 18.1. The van der Waals surface area contributed by atoms with E-state index in [4.69, 9.17) is 4.74 Å². The summed E-state index contributed by atoms with van der Waals surface area (Å²) in [6.07, 6.45) is 6.05. The van der Waals surface area contributed by atoms with Gasteiger partial charge in [-0.3, -0.25) is 0 Å². The van der Waals surface area contributed by atoms with Crippen molar-refractivity contribution in [2.75, 3.05) is 7.11 Å². The molecule has 0 aliphatic carbocycles. The number of rotatable bonds is 7. The molecule has 2 rings (SSSR count). The van der Waals surface area contributed by atoms with Gasteiger partial charge in [-0.05, 0) is 30.9 Å². The zero-order chi connectivity index (χ0) is 14.9. The largest absolute Gasteiger partial charge is 0.496 e. The maximum Gasteiger partial charge on any atom is 0.126 e. The van der Waals surface area contributed by atoms with Crippen LogP contribution >= 0.6 is 0 Å². The normalized spacial score (nSPS) is 12.5. The molecule has 1 atom stereocenters. The van der Waals surface area contributed by atoms with Crippen molar-refractivity contribution in [3.05, 3.63) is 71.8 Å². The summed E-state index contributed by atoms with van der Waals surface area (Å²) in [5, 5.41) is 10.0. The molecule has 0 fully saturated rings. The van der Waals surface area contributed by atoms with Gasteiger partial charge < -0.3 is 9.84 Å². The van der Waals surface area contributed by atoms with E-state index < -0.39 is 0 Å². The van der Waals surface area contributed by atoms with Crippen molar-refractivity contribution >= 4 is 6.08 Å². The lowest BCUT2D eigenvalue weighted by Gasteiger charge is -2.08. The van der Waals surface area contributed by atoms with E-state index in [2.05, 4.69) is 12.1 Å². The van der Waals surface area contributed by atoms with Crippen molar-refractivity contribution in [1.29, 1.82) is 0 Å². The van der Waals surface area contributed by atoms with Gasteiger partial charge in [-0.1, -0.05) is 60.7 Å². The molecule has 2 heteroatoms. The van der Waals surface area contributed by atoms with Gasteiger partial charge >= 0.3 is 0 Å².